The van der Waals surface area contributed by atoms with Crippen LogP contribution >= 0.6 is 12.4 Å². The molecule has 2 N–H and O–H groups in total. The van der Waals surface area contributed by atoms with E-state index < -0.39 is 0 Å². The number of ether oxygens (including phenoxy) is 1. The predicted octanol–water partition coefficient (Wildman–Crippen LogP) is 2.29. The fourth-order valence-corrected chi connectivity index (χ4v) is 2.34. The van der Waals surface area contributed by atoms with Crippen LogP contribution in [0.4, 0.5) is 0 Å². The lowest BCUT2D eigenvalue weighted by Crippen LogP contribution is -2.28. The third-order valence-electron chi connectivity index (χ3n) is 3.39. The summed E-state index contributed by atoms with van der Waals surface area (Å²) in [5.41, 5.74) is 7.35. The number of hydrogen-bond donors (Lipinski definition) is 1. The van der Waals surface area contributed by atoms with E-state index in [1.54, 1.807) is 0 Å². The van der Waals surface area contributed by atoms with E-state index in [0.717, 1.165) is 32.0 Å². The van der Waals surface area contributed by atoms with E-state index in [1.165, 1.54) is 5.56 Å². The summed E-state index contributed by atoms with van der Waals surface area (Å²) in [4.78, 5) is 2.42. The molecule has 102 valence electrons. The van der Waals surface area contributed by atoms with Gasteiger partial charge in [0.15, 0.2) is 0 Å². The van der Waals surface area contributed by atoms with Crippen molar-refractivity contribution in [1.29, 1.82) is 0 Å². The molecule has 0 bridgehead atoms. The predicted molar refractivity (Wildman–Crippen MR) is 77.3 cm³/mol. The quantitative estimate of drug-likeness (QED) is 0.912. The number of halogens is 1. The van der Waals surface area contributed by atoms with E-state index >= 15 is 0 Å². The Labute approximate surface area is 116 Å². The summed E-state index contributed by atoms with van der Waals surface area (Å²) in [5.74, 6) is 1.56. The van der Waals surface area contributed by atoms with E-state index in [2.05, 4.69) is 24.0 Å². The molecule has 1 saturated heterocycles. The summed E-state index contributed by atoms with van der Waals surface area (Å²) in [5, 5.41) is 0. The molecule has 0 radical (unpaired) electrons. The molecule has 1 aromatic rings. The first kappa shape index (κ1) is 15.3. The molecule has 2 rings (SSSR count). The van der Waals surface area contributed by atoms with Crippen LogP contribution in [0.15, 0.2) is 24.3 Å². The van der Waals surface area contributed by atoms with Gasteiger partial charge in [-0.25, -0.2) is 0 Å². The van der Waals surface area contributed by atoms with Crippen molar-refractivity contribution in [3.8, 4) is 5.75 Å². The standard InChI is InChI=1S/C14H22N2O.ClH/c1-3-17-13-6-4-12(5-7-13)9-16-8-11(2)14(15)10-16;/h4-7,11,14H,3,8-10,15H2,1-2H3;1H. The van der Waals surface area contributed by atoms with Gasteiger partial charge < -0.3 is 10.5 Å². The summed E-state index contributed by atoms with van der Waals surface area (Å²) >= 11 is 0. The molecule has 1 aromatic carbocycles. The summed E-state index contributed by atoms with van der Waals surface area (Å²) < 4.78 is 5.43. The lowest BCUT2D eigenvalue weighted by atomic mass is 10.1. The molecule has 0 aliphatic carbocycles. The summed E-state index contributed by atoms with van der Waals surface area (Å²) in [6, 6.07) is 8.69. The van der Waals surface area contributed by atoms with Gasteiger partial charge in [0.25, 0.3) is 0 Å². The molecule has 1 fully saturated rings. The second-order valence-corrected chi connectivity index (χ2v) is 4.91. The fourth-order valence-electron chi connectivity index (χ4n) is 2.34. The maximum absolute atomic E-state index is 6.02. The second kappa shape index (κ2) is 6.98. The lowest BCUT2D eigenvalue weighted by molar-refractivity contribution is 0.318. The molecule has 0 spiro atoms. The first-order chi connectivity index (χ1) is 8.19. The topological polar surface area (TPSA) is 38.5 Å². The number of nitrogens with two attached hydrogens (primary N) is 1. The van der Waals surface area contributed by atoms with Crippen LogP contribution in [0.25, 0.3) is 0 Å². The van der Waals surface area contributed by atoms with Gasteiger partial charge in [-0.2, -0.15) is 0 Å². The molecule has 1 aliphatic heterocycles. The van der Waals surface area contributed by atoms with Gasteiger partial charge in [0, 0.05) is 25.7 Å². The lowest BCUT2D eigenvalue weighted by Gasteiger charge is -2.15. The van der Waals surface area contributed by atoms with Crippen LogP contribution in [-0.4, -0.2) is 30.6 Å². The molecular formula is C14H23ClN2O. The van der Waals surface area contributed by atoms with E-state index in [1.807, 2.05) is 19.1 Å². The minimum Gasteiger partial charge on any atom is -0.494 e. The molecular weight excluding hydrogens is 248 g/mol. The SMILES string of the molecule is CCOc1ccc(CN2CC(C)C(N)C2)cc1.Cl. The first-order valence-electron chi connectivity index (χ1n) is 6.38. The zero-order valence-electron chi connectivity index (χ0n) is 11.1. The number of nitrogens with zero attached hydrogens (tertiary/aromatic N) is 1. The minimum atomic E-state index is 0. The van der Waals surface area contributed by atoms with Crippen molar-refractivity contribution in [1.82, 2.24) is 4.90 Å². The minimum absolute atomic E-state index is 0. The first-order valence-corrected chi connectivity index (χ1v) is 6.38. The summed E-state index contributed by atoms with van der Waals surface area (Å²) in [6.07, 6.45) is 0. The molecule has 0 amide bonds. The molecule has 18 heavy (non-hydrogen) atoms. The van der Waals surface area contributed by atoms with Crippen molar-refractivity contribution in [2.24, 2.45) is 11.7 Å². The van der Waals surface area contributed by atoms with Crippen LogP contribution in [0.3, 0.4) is 0 Å². The zero-order valence-corrected chi connectivity index (χ0v) is 12.0. The molecule has 2 unspecified atom stereocenters. The van der Waals surface area contributed by atoms with Gasteiger partial charge >= 0.3 is 0 Å². The van der Waals surface area contributed by atoms with Crippen LogP contribution < -0.4 is 10.5 Å². The van der Waals surface area contributed by atoms with Crippen molar-refractivity contribution >= 4 is 12.4 Å². The monoisotopic (exact) mass is 270 g/mol. The van der Waals surface area contributed by atoms with E-state index in [9.17, 15) is 0 Å². The molecule has 0 saturated carbocycles. The Bertz CT molecular complexity index is 345. The highest BCUT2D eigenvalue weighted by Gasteiger charge is 2.26. The van der Waals surface area contributed by atoms with Gasteiger partial charge in [0.2, 0.25) is 0 Å². The van der Waals surface area contributed by atoms with E-state index in [-0.39, 0.29) is 12.4 Å². The smallest absolute Gasteiger partial charge is 0.119 e. The normalized spacial score (nSPS) is 23.7. The molecule has 3 nitrogen and oxygen atoms in total. The maximum Gasteiger partial charge on any atom is 0.119 e. The molecule has 1 aliphatic rings. The third-order valence-corrected chi connectivity index (χ3v) is 3.39. The van der Waals surface area contributed by atoms with Gasteiger partial charge in [0.05, 0.1) is 6.61 Å². The Morgan fingerprint density at radius 2 is 1.94 bits per heavy atom. The van der Waals surface area contributed by atoms with Gasteiger partial charge in [0.1, 0.15) is 5.75 Å². The highest BCUT2D eigenvalue weighted by molar-refractivity contribution is 5.85. The Kier molecular flexibility index (Phi) is 5.93. The Balaban J connectivity index is 0.00000162. The average molecular weight is 271 g/mol. The highest BCUT2D eigenvalue weighted by atomic mass is 35.5. The van der Waals surface area contributed by atoms with Crippen molar-refractivity contribution in [2.45, 2.75) is 26.4 Å². The van der Waals surface area contributed by atoms with Crippen molar-refractivity contribution in [3.05, 3.63) is 29.8 Å². The van der Waals surface area contributed by atoms with Crippen LogP contribution in [0, 0.1) is 5.92 Å². The van der Waals surface area contributed by atoms with E-state index in [4.69, 9.17) is 10.5 Å². The van der Waals surface area contributed by atoms with Gasteiger partial charge in [-0.15, -0.1) is 12.4 Å². The van der Waals surface area contributed by atoms with Gasteiger partial charge in [-0.1, -0.05) is 19.1 Å². The van der Waals surface area contributed by atoms with Crippen LogP contribution in [0.2, 0.25) is 0 Å². The van der Waals surface area contributed by atoms with Crippen LogP contribution in [-0.2, 0) is 6.54 Å². The number of rotatable bonds is 4. The summed E-state index contributed by atoms with van der Waals surface area (Å²) in [7, 11) is 0. The maximum atomic E-state index is 6.02. The largest absolute Gasteiger partial charge is 0.494 e. The van der Waals surface area contributed by atoms with Gasteiger partial charge in [-0.3, -0.25) is 4.90 Å². The van der Waals surface area contributed by atoms with Crippen LogP contribution in [0.1, 0.15) is 19.4 Å². The number of hydrogen-bond acceptors (Lipinski definition) is 3. The zero-order chi connectivity index (χ0) is 12.3. The highest BCUT2D eigenvalue weighted by Crippen LogP contribution is 2.19. The van der Waals surface area contributed by atoms with Crippen molar-refractivity contribution in [3.63, 3.8) is 0 Å². The van der Waals surface area contributed by atoms with Gasteiger partial charge in [-0.05, 0) is 30.5 Å². The Morgan fingerprint density at radius 3 is 2.44 bits per heavy atom. The van der Waals surface area contributed by atoms with E-state index in [0.29, 0.717) is 12.0 Å². The Hall–Kier alpha value is -0.770. The Morgan fingerprint density at radius 1 is 1.28 bits per heavy atom. The van der Waals surface area contributed by atoms with Crippen molar-refractivity contribution < 1.29 is 4.74 Å². The van der Waals surface area contributed by atoms with Crippen molar-refractivity contribution in [2.75, 3.05) is 19.7 Å². The molecule has 4 heteroatoms. The summed E-state index contributed by atoms with van der Waals surface area (Å²) in [6.45, 7) is 8.05. The molecule has 0 aromatic heterocycles. The number of likely N-dealkylation sites (tertiary alicyclic amines) is 1. The van der Waals surface area contributed by atoms with Crippen LogP contribution in [0.5, 0.6) is 5.75 Å². The second-order valence-electron chi connectivity index (χ2n) is 4.91. The molecule has 1 heterocycles. The average Bonchev–Trinajstić information content (AvgIpc) is 2.61. The fraction of sp³-hybridized carbons (Fsp3) is 0.571. The number of benzene rings is 1. The third kappa shape index (κ3) is 3.87. The molecule has 2 atom stereocenters.